The molecule has 0 spiro atoms. The number of anilines is 3. The molecule has 9 nitrogen and oxygen atoms in total. The molecule has 3 N–H and O–H groups in total. The van der Waals surface area contributed by atoms with Gasteiger partial charge in [0, 0.05) is 36.8 Å². The number of halogens is 1. The molecule has 2 aromatic heterocycles. The van der Waals surface area contributed by atoms with Gasteiger partial charge in [0.05, 0.1) is 17.2 Å². The Labute approximate surface area is 197 Å². The molecule has 0 aliphatic carbocycles. The van der Waals surface area contributed by atoms with Gasteiger partial charge in [-0.2, -0.15) is 10.2 Å². The van der Waals surface area contributed by atoms with Gasteiger partial charge in [-0.25, -0.2) is 4.98 Å². The van der Waals surface area contributed by atoms with Crippen molar-refractivity contribution in [2.45, 2.75) is 26.8 Å². The first-order valence-electron chi connectivity index (χ1n) is 10.8. The minimum absolute atomic E-state index is 0.0728. The smallest absolute Gasteiger partial charge is 0.223 e. The summed E-state index contributed by atoms with van der Waals surface area (Å²) in [6.45, 7) is 8.24. The number of fused-ring (bicyclic) bond motifs is 1. The topological polar surface area (TPSA) is 119 Å². The molecule has 0 radical (unpaired) electrons. The molecule has 0 saturated carbocycles. The molecular weight excluding hydrogens is 438 g/mol. The van der Waals surface area contributed by atoms with Gasteiger partial charge in [0.15, 0.2) is 0 Å². The molecule has 33 heavy (non-hydrogen) atoms. The zero-order chi connectivity index (χ0) is 23.5. The third-order valence-electron chi connectivity index (χ3n) is 5.76. The van der Waals surface area contributed by atoms with Crippen LogP contribution in [0.3, 0.4) is 0 Å². The quantitative estimate of drug-likeness (QED) is 0.261. The molecule has 1 aromatic carbocycles. The fourth-order valence-electron chi connectivity index (χ4n) is 4.13. The number of hydrogen-bond donors (Lipinski definition) is 2. The summed E-state index contributed by atoms with van der Waals surface area (Å²) in [7, 11) is 0. The van der Waals surface area contributed by atoms with E-state index in [9.17, 15) is 5.26 Å². The number of nitrogens with one attached hydrogen (secondary N) is 1. The Morgan fingerprint density at radius 1 is 1.24 bits per heavy atom. The summed E-state index contributed by atoms with van der Waals surface area (Å²) in [6.07, 6.45) is 1.96. The van der Waals surface area contributed by atoms with Crippen LogP contribution in [-0.2, 0) is 0 Å². The Morgan fingerprint density at radius 3 is 2.79 bits per heavy atom. The number of nitriles is 1. The number of aryl methyl sites for hydroxylation is 1. The lowest BCUT2D eigenvalue weighted by Crippen LogP contribution is -2.58. The van der Waals surface area contributed by atoms with E-state index in [4.69, 9.17) is 17.3 Å². The van der Waals surface area contributed by atoms with E-state index in [1.807, 2.05) is 43.4 Å². The number of hydrogen-bond acceptors (Lipinski definition) is 7. The van der Waals surface area contributed by atoms with Crippen LogP contribution in [0.5, 0.6) is 0 Å². The molecule has 1 aliphatic heterocycles. The van der Waals surface area contributed by atoms with Gasteiger partial charge in [0.2, 0.25) is 18.1 Å². The molecule has 1 saturated heterocycles. The van der Waals surface area contributed by atoms with Crippen molar-refractivity contribution in [2.75, 3.05) is 35.6 Å². The van der Waals surface area contributed by atoms with E-state index in [1.165, 1.54) is 0 Å². The average molecular weight is 464 g/mol. The van der Waals surface area contributed by atoms with Gasteiger partial charge in [-0.1, -0.05) is 31.5 Å². The first-order valence-corrected chi connectivity index (χ1v) is 11.2. The van der Waals surface area contributed by atoms with E-state index < -0.39 is 0 Å². The molecule has 3 aromatic rings. The summed E-state index contributed by atoms with van der Waals surface area (Å²) in [5.74, 6) is 1.64. The Balaban J connectivity index is 1.63. The third-order valence-corrected chi connectivity index (χ3v) is 5.95. The van der Waals surface area contributed by atoms with E-state index in [1.54, 1.807) is 6.07 Å². The van der Waals surface area contributed by atoms with Gasteiger partial charge in [-0.15, -0.1) is 4.99 Å². The molecule has 0 amide bonds. The van der Waals surface area contributed by atoms with Crippen molar-refractivity contribution in [3.8, 4) is 6.19 Å². The number of aromatic nitrogens is 3. The van der Waals surface area contributed by atoms with Gasteiger partial charge >= 0.3 is 0 Å². The first kappa shape index (κ1) is 22.6. The summed E-state index contributed by atoms with van der Waals surface area (Å²) in [4.78, 5) is 21.4. The number of rotatable bonds is 3. The Bertz CT molecular complexity index is 1210. The van der Waals surface area contributed by atoms with Gasteiger partial charge in [0.1, 0.15) is 11.0 Å². The van der Waals surface area contributed by atoms with Gasteiger partial charge < -0.3 is 20.9 Å². The lowest BCUT2D eigenvalue weighted by Gasteiger charge is -2.45. The molecule has 1 aliphatic rings. The number of pyridine rings is 1. The third kappa shape index (κ3) is 4.91. The minimum Gasteiger partial charge on any atom is -0.368 e. The maximum Gasteiger partial charge on any atom is 0.223 e. The van der Waals surface area contributed by atoms with Crippen LogP contribution in [-0.4, -0.2) is 51.5 Å². The van der Waals surface area contributed by atoms with Crippen LogP contribution >= 0.6 is 11.6 Å². The Kier molecular flexibility index (Phi) is 6.47. The summed E-state index contributed by atoms with van der Waals surface area (Å²) in [5.41, 5.74) is 8.50. The fraction of sp³-hybridized carbons (Fsp3) is 0.348. The Morgan fingerprint density at radius 2 is 2.06 bits per heavy atom. The molecule has 1 unspecified atom stereocenters. The van der Waals surface area contributed by atoms with E-state index in [0.29, 0.717) is 36.6 Å². The number of benzene rings is 1. The Hall–Kier alpha value is -3.64. The summed E-state index contributed by atoms with van der Waals surface area (Å²) >= 11 is 6.10. The lowest BCUT2D eigenvalue weighted by molar-refractivity contribution is 0.224. The second kappa shape index (κ2) is 9.46. The summed E-state index contributed by atoms with van der Waals surface area (Å²) in [5, 5.41) is 14.1. The van der Waals surface area contributed by atoms with Crippen molar-refractivity contribution >= 4 is 45.9 Å². The normalized spacial score (nSPS) is 16.8. The summed E-state index contributed by atoms with van der Waals surface area (Å²) in [6, 6.07) is 11.7. The fourth-order valence-corrected chi connectivity index (χ4v) is 4.32. The maximum absolute atomic E-state index is 9.44. The number of nitrogens with two attached hydrogens (primary N) is 1. The predicted molar refractivity (Wildman–Crippen MR) is 132 cm³/mol. The number of piperazine rings is 1. The van der Waals surface area contributed by atoms with Gasteiger partial charge in [-0.05, 0) is 37.1 Å². The van der Waals surface area contributed by atoms with Gasteiger partial charge in [-0.3, -0.25) is 4.98 Å². The van der Waals surface area contributed by atoms with Crippen molar-refractivity contribution in [1.29, 1.82) is 5.26 Å². The van der Waals surface area contributed by atoms with Crippen LogP contribution < -0.4 is 16.0 Å². The van der Waals surface area contributed by atoms with Crippen LogP contribution in [0.25, 0.3) is 10.9 Å². The largest absolute Gasteiger partial charge is 0.368 e. The van der Waals surface area contributed by atoms with Crippen LogP contribution in [0.15, 0.2) is 41.4 Å². The average Bonchev–Trinajstić information content (AvgIpc) is 2.77. The second-order valence-electron chi connectivity index (χ2n) is 8.34. The molecule has 0 bridgehead atoms. The maximum atomic E-state index is 9.44. The molecule has 3 heterocycles. The number of guanidine groups is 1. The number of aliphatic imine (C=N–C) groups is 1. The van der Waals surface area contributed by atoms with Crippen molar-refractivity contribution in [3.63, 3.8) is 0 Å². The van der Waals surface area contributed by atoms with Crippen LogP contribution in [0.4, 0.5) is 17.5 Å². The summed E-state index contributed by atoms with van der Waals surface area (Å²) < 4.78 is 0. The van der Waals surface area contributed by atoms with Crippen LogP contribution in [0.1, 0.15) is 19.5 Å². The highest BCUT2D eigenvalue weighted by atomic mass is 35.5. The number of nitrogen functional groups attached to an aromatic ring is 1. The second-order valence-corrected chi connectivity index (χ2v) is 8.73. The predicted octanol–water partition coefficient (Wildman–Crippen LogP) is 3.66. The molecule has 170 valence electrons. The van der Waals surface area contributed by atoms with Crippen molar-refractivity contribution in [1.82, 2.24) is 19.9 Å². The highest BCUT2D eigenvalue weighted by Gasteiger charge is 2.32. The van der Waals surface area contributed by atoms with E-state index >= 15 is 0 Å². The highest BCUT2D eigenvalue weighted by molar-refractivity contribution is 6.29. The number of nitrogens with zero attached hydrogens (tertiary/aromatic N) is 7. The van der Waals surface area contributed by atoms with E-state index in [0.717, 1.165) is 22.3 Å². The standard InChI is InChI=1S/C23H26ClN9/c1-14(2)19-12-32(21-11-20(24)30-22(26)31-21)9-10-33(19)23(27-13-25)29-18-6-4-5-17-16(18)8-7-15(3)28-17/h4-8,11,14,19H,9-10,12H2,1-3H3,(H,27,29)(H2,26,30,31). The van der Waals surface area contributed by atoms with Crippen molar-refractivity contribution in [3.05, 3.63) is 47.2 Å². The minimum atomic E-state index is 0.0728. The van der Waals surface area contributed by atoms with E-state index in [2.05, 4.69) is 48.9 Å². The van der Waals surface area contributed by atoms with Crippen LogP contribution in [0, 0.1) is 24.3 Å². The molecule has 10 heteroatoms. The van der Waals surface area contributed by atoms with Crippen LogP contribution in [0.2, 0.25) is 5.15 Å². The zero-order valence-corrected chi connectivity index (χ0v) is 19.6. The first-order chi connectivity index (χ1) is 15.9. The highest BCUT2D eigenvalue weighted by Crippen LogP contribution is 2.26. The van der Waals surface area contributed by atoms with E-state index in [-0.39, 0.29) is 17.9 Å². The lowest BCUT2D eigenvalue weighted by atomic mass is 9.99. The molecule has 4 rings (SSSR count). The molecular formula is C23H26ClN9. The van der Waals surface area contributed by atoms with Gasteiger partial charge in [0.25, 0.3) is 0 Å². The van der Waals surface area contributed by atoms with Crippen molar-refractivity contribution in [2.24, 2.45) is 10.9 Å². The molecule has 1 atom stereocenters. The monoisotopic (exact) mass is 463 g/mol. The molecule has 1 fully saturated rings. The SMILES string of the molecule is Cc1ccc2c(N/C(=N/C#N)N3CCN(c4cc(Cl)nc(N)n4)CC3C(C)C)cccc2n1. The van der Waals surface area contributed by atoms with Crippen molar-refractivity contribution < 1.29 is 0 Å². The zero-order valence-electron chi connectivity index (χ0n) is 18.8.